The number of nitriles is 1. The Morgan fingerprint density at radius 3 is 2.00 bits per heavy atom. The maximum absolute atomic E-state index is 8.43. The van der Waals surface area contributed by atoms with Crippen LogP contribution in [-0.4, -0.2) is 6.04 Å². The van der Waals surface area contributed by atoms with Gasteiger partial charge in [0.15, 0.2) is 0 Å². The van der Waals surface area contributed by atoms with Gasteiger partial charge in [-0.05, 0) is 20.8 Å². The van der Waals surface area contributed by atoms with Crippen LogP contribution in [0.3, 0.4) is 0 Å². The van der Waals surface area contributed by atoms with Gasteiger partial charge < -0.3 is 5.73 Å². The van der Waals surface area contributed by atoms with Crippen molar-refractivity contribution in [3.05, 3.63) is 0 Å². The molecule has 46 valence electrons. The van der Waals surface area contributed by atoms with E-state index in [4.69, 9.17) is 11.0 Å². The number of rotatable bonds is 1. The first kappa shape index (κ1) is 7.45. The summed E-state index contributed by atoms with van der Waals surface area (Å²) in [6.45, 7) is 5.50. The predicted octanol–water partition coefficient (Wildman–Crippen LogP) is 0.883. The lowest BCUT2D eigenvalue weighted by molar-refractivity contribution is 0.407. The van der Waals surface area contributed by atoms with E-state index in [1.807, 2.05) is 20.8 Å². The maximum Gasteiger partial charge on any atom is 0.0700 e. The Morgan fingerprint density at radius 2 is 2.00 bits per heavy atom. The van der Waals surface area contributed by atoms with E-state index in [1.165, 1.54) is 0 Å². The maximum atomic E-state index is 8.43. The normalized spacial score (nSPS) is 14.9. The first-order valence-corrected chi connectivity index (χ1v) is 2.67. The van der Waals surface area contributed by atoms with Crippen LogP contribution >= 0.6 is 0 Å². The number of hydrogen-bond acceptors (Lipinski definition) is 2. The average Bonchev–Trinajstić information content (AvgIpc) is 1.67. The van der Waals surface area contributed by atoms with Gasteiger partial charge in [-0.25, -0.2) is 0 Å². The summed E-state index contributed by atoms with van der Waals surface area (Å²) in [5, 5.41) is 8.43. The fraction of sp³-hybridized carbons (Fsp3) is 0.833. The first-order chi connectivity index (χ1) is 3.50. The molecule has 0 saturated carbocycles. The molecule has 0 heterocycles. The zero-order chi connectivity index (χ0) is 6.78. The molecule has 0 spiro atoms. The van der Waals surface area contributed by atoms with Crippen LogP contribution in [0.15, 0.2) is 0 Å². The topological polar surface area (TPSA) is 49.8 Å². The van der Waals surface area contributed by atoms with Gasteiger partial charge in [-0.15, -0.1) is 0 Å². The van der Waals surface area contributed by atoms with Crippen molar-refractivity contribution < 1.29 is 0 Å². The Kier molecular flexibility index (Phi) is 2.00. The number of hydrogen-bond donors (Lipinski definition) is 1. The second-order valence-corrected chi connectivity index (χ2v) is 2.62. The molecule has 1 atom stereocenters. The largest absolute Gasteiger partial charge is 0.327 e. The monoisotopic (exact) mass is 112 g/mol. The van der Waals surface area contributed by atoms with E-state index in [9.17, 15) is 0 Å². The Labute approximate surface area is 50.3 Å². The van der Waals surface area contributed by atoms with Crippen LogP contribution < -0.4 is 5.73 Å². The molecule has 0 aromatic rings. The van der Waals surface area contributed by atoms with E-state index >= 15 is 0 Å². The lowest BCUT2D eigenvalue weighted by atomic mass is 9.88. The molecule has 2 heteroatoms. The Hall–Kier alpha value is -0.550. The van der Waals surface area contributed by atoms with Gasteiger partial charge in [-0.3, -0.25) is 0 Å². The molecule has 0 bridgehead atoms. The third-order valence-corrected chi connectivity index (χ3v) is 1.43. The minimum Gasteiger partial charge on any atom is -0.327 e. The van der Waals surface area contributed by atoms with Crippen molar-refractivity contribution in [2.45, 2.75) is 26.8 Å². The third kappa shape index (κ3) is 1.51. The van der Waals surface area contributed by atoms with Crippen LogP contribution in [0.25, 0.3) is 0 Å². The summed E-state index contributed by atoms with van der Waals surface area (Å²) in [5.74, 6) is 0. The predicted molar refractivity (Wildman–Crippen MR) is 33.0 cm³/mol. The molecule has 0 radical (unpaired) electrons. The fourth-order valence-corrected chi connectivity index (χ4v) is 0.102. The van der Waals surface area contributed by atoms with E-state index in [-0.39, 0.29) is 11.5 Å². The first-order valence-electron chi connectivity index (χ1n) is 2.67. The molecule has 0 aromatic carbocycles. The molecule has 0 aliphatic rings. The zero-order valence-electron chi connectivity index (χ0n) is 5.60. The van der Waals surface area contributed by atoms with Crippen molar-refractivity contribution in [1.29, 1.82) is 5.26 Å². The van der Waals surface area contributed by atoms with E-state index in [2.05, 4.69) is 6.07 Å². The zero-order valence-corrected chi connectivity index (χ0v) is 5.60. The summed E-state index contributed by atoms with van der Waals surface area (Å²) in [5.41, 5.74) is 5.08. The molecule has 0 saturated heterocycles. The molecule has 0 fully saturated rings. The molecule has 2 N–H and O–H groups in total. The fourth-order valence-electron chi connectivity index (χ4n) is 0.102. The van der Waals surface area contributed by atoms with Gasteiger partial charge in [0.1, 0.15) is 0 Å². The summed E-state index contributed by atoms with van der Waals surface area (Å²) in [4.78, 5) is 0. The van der Waals surface area contributed by atoms with Gasteiger partial charge >= 0.3 is 0 Å². The minimum absolute atomic E-state index is 0.0486. The highest BCUT2D eigenvalue weighted by Gasteiger charge is 2.21. The second-order valence-electron chi connectivity index (χ2n) is 2.62. The SMILES string of the molecule is CC(N)C(C)(C)C#N. The summed E-state index contributed by atoms with van der Waals surface area (Å²) in [7, 11) is 0. The number of nitrogens with zero attached hydrogens (tertiary/aromatic N) is 1. The van der Waals surface area contributed by atoms with Crippen LogP contribution in [0.2, 0.25) is 0 Å². The van der Waals surface area contributed by atoms with Crippen LogP contribution in [-0.2, 0) is 0 Å². The standard InChI is InChI=1S/C6H12N2/c1-5(8)6(2,3)4-7/h5H,8H2,1-3H3. The van der Waals surface area contributed by atoms with Gasteiger partial charge in [-0.2, -0.15) is 5.26 Å². The quantitative estimate of drug-likeness (QED) is 0.547. The van der Waals surface area contributed by atoms with E-state index in [1.54, 1.807) is 0 Å². The molecule has 1 unspecified atom stereocenters. The Morgan fingerprint density at radius 1 is 1.62 bits per heavy atom. The average molecular weight is 112 g/mol. The van der Waals surface area contributed by atoms with Crippen molar-refractivity contribution in [3.8, 4) is 6.07 Å². The van der Waals surface area contributed by atoms with Gasteiger partial charge in [0.2, 0.25) is 0 Å². The second kappa shape index (κ2) is 2.15. The highest BCUT2D eigenvalue weighted by molar-refractivity contribution is 4.97. The molecule has 0 aliphatic carbocycles. The molecule has 2 nitrogen and oxygen atoms in total. The lowest BCUT2D eigenvalue weighted by Crippen LogP contribution is -2.32. The van der Waals surface area contributed by atoms with Gasteiger partial charge in [-0.1, -0.05) is 0 Å². The van der Waals surface area contributed by atoms with Crippen LogP contribution in [0, 0.1) is 16.7 Å². The molecule has 8 heavy (non-hydrogen) atoms. The van der Waals surface area contributed by atoms with Crippen molar-refractivity contribution >= 4 is 0 Å². The minimum atomic E-state index is -0.375. The van der Waals surface area contributed by atoms with Gasteiger partial charge in [0.05, 0.1) is 11.5 Å². The number of nitrogens with two attached hydrogens (primary N) is 1. The van der Waals surface area contributed by atoms with Crippen molar-refractivity contribution in [2.75, 3.05) is 0 Å². The molecule has 0 amide bonds. The third-order valence-electron chi connectivity index (χ3n) is 1.43. The summed E-state index contributed by atoms with van der Waals surface area (Å²) in [6, 6.07) is 2.07. The van der Waals surface area contributed by atoms with Crippen molar-refractivity contribution in [1.82, 2.24) is 0 Å². The van der Waals surface area contributed by atoms with Gasteiger partial charge in [0.25, 0.3) is 0 Å². The van der Waals surface area contributed by atoms with Crippen LogP contribution in [0.5, 0.6) is 0 Å². The summed E-state index contributed by atoms with van der Waals surface area (Å²) < 4.78 is 0. The smallest absolute Gasteiger partial charge is 0.0700 e. The van der Waals surface area contributed by atoms with Crippen LogP contribution in [0.1, 0.15) is 20.8 Å². The van der Waals surface area contributed by atoms with E-state index in [0.717, 1.165) is 0 Å². The van der Waals surface area contributed by atoms with Crippen molar-refractivity contribution in [3.63, 3.8) is 0 Å². The highest BCUT2D eigenvalue weighted by atomic mass is 14.7. The highest BCUT2D eigenvalue weighted by Crippen LogP contribution is 2.15. The van der Waals surface area contributed by atoms with E-state index < -0.39 is 0 Å². The molecular weight excluding hydrogens is 100 g/mol. The molecule has 0 rings (SSSR count). The summed E-state index contributed by atoms with van der Waals surface area (Å²) in [6.07, 6.45) is 0. The van der Waals surface area contributed by atoms with Crippen molar-refractivity contribution in [2.24, 2.45) is 11.1 Å². The summed E-state index contributed by atoms with van der Waals surface area (Å²) >= 11 is 0. The Bertz CT molecular complexity index is 108. The molecular formula is C6H12N2. The Balaban J connectivity index is 3.97. The van der Waals surface area contributed by atoms with E-state index in [0.29, 0.717) is 0 Å². The molecule has 0 aliphatic heterocycles. The van der Waals surface area contributed by atoms with Crippen LogP contribution in [0.4, 0.5) is 0 Å². The molecule has 0 aromatic heterocycles. The lowest BCUT2D eigenvalue weighted by Gasteiger charge is -2.18. The van der Waals surface area contributed by atoms with Gasteiger partial charge in [0, 0.05) is 6.04 Å².